The van der Waals surface area contributed by atoms with Crippen LogP contribution in [-0.2, 0) is 0 Å². The maximum absolute atomic E-state index is 11.9. The third kappa shape index (κ3) is 4.14. The molecule has 0 rings (SSSR count). The summed E-state index contributed by atoms with van der Waals surface area (Å²) in [6.45, 7) is 0.436. The average molecular weight is 210 g/mol. The summed E-state index contributed by atoms with van der Waals surface area (Å²) in [5.41, 5.74) is 0. The minimum absolute atomic E-state index is 0.436. The zero-order chi connectivity index (χ0) is 10.9. The Morgan fingerprint density at radius 1 is 1.08 bits per heavy atom. The molecule has 1 unspecified atom stereocenters. The van der Waals surface area contributed by atoms with Crippen LogP contribution in [0.5, 0.6) is 0 Å². The summed E-state index contributed by atoms with van der Waals surface area (Å²) in [6, 6.07) is 0. The molecule has 0 aliphatic rings. The van der Waals surface area contributed by atoms with Crippen LogP contribution in [0.25, 0.3) is 0 Å². The second kappa shape index (κ2) is 3.55. The third-order valence-corrected chi connectivity index (χ3v) is 1.18. The molecule has 7 heteroatoms. The first-order valence-electron chi connectivity index (χ1n) is 3.06. The van der Waals surface area contributed by atoms with E-state index in [9.17, 15) is 30.7 Å². The molecule has 1 atom stereocenters. The van der Waals surface area contributed by atoms with E-state index in [4.69, 9.17) is 0 Å². The normalized spacial score (nSPS) is 17.4. The Morgan fingerprint density at radius 2 is 1.46 bits per heavy atom. The predicted molar refractivity (Wildman–Crippen MR) is 30.5 cm³/mol. The van der Waals surface area contributed by atoms with Gasteiger partial charge in [-0.25, -0.2) is 4.39 Å². The average Bonchev–Trinajstić information content (AvgIpc) is 1.82. The Balaban J connectivity index is 4.59. The summed E-state index contributed by atoms with van der Waals surface area (Å²) < 4.78 is 80.9. The first-order valence-corrected chi connectivity index (χ1v) is 3.06. The van der Waals surface area contributed by atoms with Crippen LogP contribution in [0.1, 0.15) is 6.92 Å². The molecule has 78 valence electrons. The second-order valence-electron chi connectivity index (χ2n) is 2.34. The van der Waals surface area contributed by atoms with Gasteiger partial charge in [0.1, 0.15) is 0 Å². The fraction of sp³-hybridized carbons (Fsp3) is 0.667. The summed E-state index contributed by atoms with van der Waals surface area (Å²) in [5.74, 6) is -5.17. The van der Waals surface area contributed by atoms with Gasteiger partial charge in [0.2, 0.25) is 5.83 Å². The number of hydrogen-bond donors (Lipinski definition) is 0. The van der Waals surface area contributed by atoms with Crippen molar-refractivity contribution in [2.45, 2.75) is 19.3 Å². The third-order valence-electron chi connectivity index (χ3n) is 1.18. The summed E-state index contributed by atoms with van der Waals surface area (Å²) in [7, 11) is 0. The number of alkyl halides is 6. The van der Waals surface area contributed by atoms with E-state index in [0.29, 0.717) is 6.92 Å². The molecule has 0 nitrogen and oxygen atoms in total. The number of hydrogen-bond acceptors (Lipinski definition) is 0. The second-order valence-corrected chi connectivity index (χ2v) is 2.34. The van der Waals surface area contributed by atoms with Gasteiger partial charge in [-0.15, -0.1) is 0 Å². The topological polar surface area (TPSA) is 0 Å². The van der Waals surface area contributed by atoms with Crippen molar-refractivity contribution in [2.75, 3.05) is 0 Å². The van der Waals surface area contributed by atoms with Gasteiger partial charge in [0.25, 0.3) is 0 Å². The minimum Gasteiger partial charge on any atom is -0.202 e. The van der Waals surface area contributed by atoms with E-state index in [-0.39, 0.29) is 0 Å². The first kappa shape index (κ1) is 12.2. The number of halogens is 7. The van der Waals surface area contributed by atoms with Crippen LogP contribution in [0.4, 0.5) is 30.7 Å². The van der Waals surface area contributed by atoms with Gasteiger partial charge in [0.15, 0.2) is 0 Å². The molecule has 0 amide bonds. The molecule has 0 aliphatic heterocycles. The van der Waals surface area contributed by atoms with Gasteiger partial charge in [0, 0.05) is 0 Å². The molecule has 0 spiro atoms. The highest BCUT2D eigenvalue weighted by molar-refractivity contribution is 5.02. The van der Waals surface area contributed by atoms with Gasteiger partial charge in [-0.3, -0.25) is 0 Å². The van der Waals surface area contributed by atoms with Gasteiger partial charge >= 0.3 is 12.4 Å². The van der Waals surface area contributed by atoms with E-state index >= 15 is 0 Å². The molecule has 0 saturated heterocycles. The van der Waals surface area contributed by atoms with E-state index in [0.717, 1.165) is 0 Å². The molecule has 0 saturated carbocycles. The molecular weight excluding hydrogens is 205 g/mol. The van der Waals surface area contributed by atoms with Crippen molar-refractivity contribution in [3.63, 3.8) is 0 Å². The lowest BCUT2D eigenvalue weighted by Crippen LogP contribution is -2.19. The smallest absolute Gasteiger partial charge is 0.202 e. The Kier molecular flexibility index (Phi) is 3.34. The molecule has 13 heavy (non-hydrogen) atoms. The standard InChI is InChI=1S/C6H5F7/c1-3(5(8,9)10)2-4(7)6(11,12)13/h2-3H,1H3/b4-2-. The van der Waals surface area contributed by atoms with Gasteiger partial charge in [-0.1, -0.05) is 6.92 Å². The van der Waals surface area contributed by atoms with Crippen molar-refractivity contribution in [1.82, 2.24) is 0 Å². The zero-order valence-corrected chi connectivity index (χ0v) is 6.30. The van der Waals surface area contributed by atoms with Crippen molar-refractivity contribution < 1.29 is 30.7 Å². The van der Waals surface area contributed by atoms with Gasteiger partial charge < -0.3 is 0 Å². The van der Waals surface area contributed by atoms with Crippen molar-refractivity contribution >= 4 is 0 Å². The molecule has 0 aromatic heterocycles. The lowest BCUT2D eigenvalue weighted by Gasteiger charge is -2.12. The zero-order valence-electron chi connectivity index (χ0n) is 6.30. The molecule has 0 fully saturated rings. The number of rotatable bonds is 1. The molecule has 0 bridgehead atoms. The summed E-state index contributed by atoms with van der Waals surface area (Å²) >= 11 is 0. The van der Waals surface area contributed by atoms with E-state index in [1.807, 2.05) is 0 Å². The SMILES string of the molecule is CC(/C=C(\F)C(F)(F)F)C(F)(F)F. The Labute approximate surface area is 69.0 Å². The minimum atomic E-state index is -5.35. The maximum atomic E-state index is 11.9. The molecule has 0 N–H and O–H groups in total. The van der Waals surface area contributed by atoms with Crippen LogP contribution in [-0.4, -0.2) is 12.4 Å². The van der Waals surface area contributed by atoms with Crippen molar-refractivity contribution in [3.05, 3.63) is 11.9 Å². The Bertz CT molecular complexity index is 196. The van der Waals surface area contributed by atoms with Crippen molar-refractivity contribution in [2.24, 2.45) is 5.92 Å². The van der Waals surface area contributed by atoms with Crippen molar-refractivity contribution in [1.29, 1.82) is 0 Å². The summed E-state index contributed by atoms with van der Waals surface area (Å²) in [4.78, 5) is 0. The molecule has 0 radical (unpaired) electrons. The van der Waals surface area contributed by atoms with Crippen LogP contribution in [0.3, 0.4) is 0 Å². The Morgan fingerprint density at radius 3 is 1.69 bits per heavy atom. The molecule has 0 heterocycles. The van der Waals surface area contributed by atoms with Crippen LogP contribution < -0.4 is 0 Å². The van der Waals surface area contributed by atoms with E-state index in [2.05, 4.69) is 0 Å². The van der Waals surface area contributed by atoms with Crippen LogP contribution in [0.15, 0.2) is 11.9 Å². The fourth-order valence-electron chi connectivity index (χ4n) is 0.408. The molecule has 0 aromatic carbocycles. The van der Waals surface area contributed by atoms with Gasteiger partial charge in [0.05, 0.1) is 5.92 Å². The first-order chi connectivity index (χ1) is 5.55. The molecule has 0 aromatic rings. The Hall–Kier alpha value is -0.750. The summed E-state index contributed by atoms with van der Waals surface area (Å²) in [6.07, 6.45) is -10.7. The highest BCUT2D eigenvalue weighted by atomic mass is 19.4. The van der Waals surface area contributed by atoms with Crippen molar-refractivity contribution in [3.8, 4) is 0 Å². The fourth-order valence-corrected chi connectivity index (χ4v) is 0.408. The van der Waals surface area contributed by atoms with E-state index in [1.165, 1.54) is 0 Å². The summed E-state index contributed by atoms with van der Waals surface area (Å²) in [5, 5.41) is 0. The largest absolute Gasteiger partial charge is 0.442 e. The van der Waals surface area contributed by atoms with Gasteiger partial charge in [-0.2, -0.15) is 26.3 Å². The lowest BCUT2D eigenvalue weighted by molar-refractivity contribution is -0.158. The van der Waals surface area contributed by atoms with Crippen LogP contribution >= 0.6 is 0 Å². The van der Waals surface area contributed by atoms with Crippen LogP contribution in [0.2, 0.25) is 0 Å². The molecule has 0 aliphatic carbocycles. The van der Waals surface area contributed by atoms with E-state index < -0.39 is 30.2 Å². The van der Waals surface area contributed by atoms with E-state index in [1.54, 1.807) is 0 Å². The quantitative estimate of drug-likeness (QED) is 0.580. The molecular formula is C6H5F7. The monoisotopic (exact) mass is 210 g/mol. The predicted octanol–water partition coefficient (Wildman–Crippen LogP) is 3.60. The van der Waals surface area contributed by atoms with Crippen LogP contribution in [0, 0.1) is 5.92 Å². The highest BCUT2D eigenvalue weighted by Gasteiger charge is 2.40. The number of allylic oxidation sites excluding steroid dienone is 2. The lowest BCUT2D eigenvalue weighted by atomic mass is 10.1. The highest BCUT2D eigenvalue weighted by Crippen LogP contribution is 2.32. The van der Waals surface area contributed by atoms with Gasteiger partial charge in [-0.05, 0) is 6.08 Å². The maximum Gasteiger partial charge on any atom is 0.442 e.